The molecule has 1 N–H and O–H groups in total. The number of halogens is 1. The normalized spacial score (nSPS) is 14.1. The van der Waals surface area contributed by atoms with Gasteiger partial charge in [0, 0.05) is 30.8 Å². The molecule has 43 heavy (non-hydrogen) atoms. The molecule has 222 valence electrons. The van der Waals surface area contributed by atoms with Crippen LogP contribution in [0.5, 0.6) is 11.6 Å². The Kier molecular flexibility index (Phi) is 8.16. The van der Waals surface area contributed by atoms with Gasteiger partial charge in [-0.3, -0.25) is 5.32 Å². The molecule has 0 saturated carbocycles. The summed E-state index contributed by atoms with van der Waals surface area (Å²) < 4.78 is 37.4. The average Bonchev–Trinajstić information content (AvgIpc) is 3.42. The average molecular weight is 605 g/mol. The van der Waals surface area contributed by atoms with Crippen molar-refractivity contribution in [3.05, 3.63) is 60.2 Å². The highest BCUT2D eigenvalue weighted by molar-refractivity contribution is 7.21. The van der Waals surface area contributed by atoms with Crippen molar-refractivity contribution in [3.63, 3.8) is 0 Å². The number of ether oxygens (including phenoxy) is 4. The standard InChI is InChI=1S/C30H29FN6O5S/c1-17-10-20(28-23(11-17)35-27(39-3)15-33-28)29-36-22-12-21(31)24(13-25(22)43-29)42-18(2)16-41-30(38)34-19-4-5-26(32-14-19)37-6-8-40-9-7-37/h4-5,10-15,18H,6-9,16H2,1-3H3,(H,34,38). The molecule has 1 unspecified atom stereocenters. The number of hydrogen-bond acceptors (Lipinski definition) is 11. The number of aromatic nitrogens is 4. The third kappa shape index (κ3) is 6.42. The molecule has 13 heteroatoms. The fourth-order valence-corrected chi connectivity index (χ4v) is 5.67. The van der Waals surface area contributed by atoms with Gasteiger partial charge in [0.2, 0.25) is 5.88 Å². The number of thiazole rings is 1. The highest BCUT2D eigenvalue weighted by atomic mass is 32.1. The number of amides is 1. The molecule has 3 aromatic heterocycles. The molecule has 4 heterocycles. The number of nitrogens with one attached hydrogen (secondary N) is 1. The van der Waals surface area contributed by atoms with E-state index in [4.69, 9.17) is 18.9 Å². The van der Waals surface area contributed by atoms with Gasteiger partial charge in [-0.2, -0.15) is 0 Å². The van der Waals surface area contributed by atoms with Crippen LogP contribution in [0.4, 0.5) is 20.7 Å². The molecule has 6 rings (SSSR count). The second kappa shape index (κ2) is 12.3. The third-order valence-corrected chi connectivity index (χ3v) is 7.81. The van der Waals surface area contributed by atoms with Gasteiger partial charge in [-0.05, 0) is 43.7 Å². The lowest BCUT2D eigenvalue weighted by molar-refractivity contribution is 0.0969. The first-order valence-corrected chi connectivity index (χ1v) is 14.5. The molecule has 11 nitrogen and oxygen atoms in total. The van der Waals surface area contributed by atoms with Crippen LogP contribution in [0.2, 0.25) is 0 Å². The van der Waals surface area contributed by atoms with Gasteiger partial charge in [-0.1, -0.05) is 0 Å². The van der Waals surface area contributed by atoms with E-state index in [9.17, 15) is 4.79 Å². The predicted molar refractivity (Wildman–Crippen MR) is 162 cm³/mol. The Bertz CT molecular complexity index is 1780. The number of anilines is 2. The zero-order valence-corrected chi connectivity index (χ0v) is 24.6. The van der Waals surface area contributed by atoms with Crippen LogP contribution in [-0.2, 0) is 9.47 Å². The summed E-state index contributed by atoms with van der Waals surface area (Å²) in [5.74, 6) is 0.715. The number of hydrogen-bond donors (Lipinski definition) is 1. The topological polar surface area (TPSA) is 121 Å². The molecule has 5 aromatic rings. The first kappa shape index (κ1) is 28.5. The zero-order valence-electron chi connectivity index (χ0n) is 23.8. The summed E-state index contributed by atoms with van der Waals surface area (Å²) in [4.78, 5) is 32.5. The molecule has 1 saturated heterocycles. The molecule has 0 radical (unpaired) electrons. The molecule has 0 spiro atoms. The van der Waals surface area contributed by atoms with Crippen molar-refractivity contribution < 1.29 is 28.1 Å². The van der Waals surface area contributed by atoms with Gasteiger partial charge in [0.05, 0.1) is 59.7 Å². The minimum Gasteiger partial charge on any atom is -0.484 e. The van der Waals surface area contributed by atoms with E-state index in [-0.39, 0.29) is 12.4 Å². The smallest absolute Gasteiger partial charge is 0.411 e. The molecule has 1 aliphatic heterocycles. The number of carbonyl (C=O) groups is 1. The van der Waals surface area contributed by atoms with E-state index in [1.54, 1.807) is 38.6 Å². The first-order chi connectivity index (χ1) is 20.9. The maximum Gasteiger partial charge on any atom is 0.411 e. The zero-order chi connectivity index (χ0) is 29.9. The van der Waals surface area contributed by atoms with Gasteiger partial charge in [0.1, 0.15) is 23.5 Å². The van der Waals surface area contributed by atoms with Gasteiger partial charge >= 0.3 is 6.09 Å². The first-order valence-electron chi connectivity index (χ1n) is 13.7. The molecule has 1 atom stereocenters. The number of carbonyl (C=O) groups excluding carboxylic acids is 1. The largest absolute Gasteiger partial charge is 0.484 e. The van der Waals surface area contributed by atoms with Crippen molar-refractivity contribution in [1.82, 2.24) is 19.9 Å². The number of nitrogens with zero attached hydrogens (tertiary/aromatic N) is 5. The second-order valence-electron chi connectivity index (χ2n) is 10.0. The number of aryl methyl sites for hydroxylation is 1. The molecule has 2 aromatic carbocycles. The lowest BCUT2D eigenvalue weighted by Gasteiger charge is -2.27. The van der Waals surface area contributed by atoms with Crippen LogP contribution in [0, 0.1) is 12.7 Å². The minimum atomic E-state index is -0.662. The van der Waals surface area contributed by atoms with Crippen LogP contribution < -0.4 is 19.7 Å². The molecule has 1 fully saturated rings. The van der Waals surface area contributed by atoms with Gasteiger partial charge < -0.3 is 23.8 Å². The fraction of sp³-hybridized carbons (Fsp3) is 0.300. The van der Waals surface area contributed by atoms with E-state index >= 15 is 4.39 Å². The Morgan fingerprint density at radius 3 is 2.72 bits per heavy atom. The van der Waals surface area contributed by atoms with Crippen LogP contribution in [-0.4, -0.2) is 72.2 Å². The Hall–Kier alpha value is -4.62. The van der Waals surface area contributed by atoms with Crippen LogP contribution in [0.1, 0.15) is 12.5 Å². The van der Waals surface area contributed by atoms with Crippen molar-refractivity contribution in [1.29, 1.82) is 0 Å². The minimum absolute atomic E-state index is 0.0423. The van der Waals surface area contributed by atoms with E-state index in [0.29, 0.717) is 46.3 Å². The summed E-state index contributed by atoms with van der Waals surface area (Å²) in [6, 6.07) is 10.4. The van der Waals surface area contributed by atoms with Crippen molar-refractivity contribution in [2.45, 2.75) is 20.0 Å². The molecular formula is C30H29FN6O5S. The fourth-order valence-electron chi connectivity index (χ4n) is 4.68. The van der Waals surface area contributed by atoms with Crippen molar-refractivity contribution >= 4 is 50.2 Å². The van der Waals surface area contributed by atoms with E-state index in [2.05, 4.69) is 30.2 Å². The van der Waals surface area contributed by atoms with Crippen LogP contribution in [0.15, 0.2) is 48.8 Å². The lowest BCUT2D eigenvalue weighted by atomic mass is 10.1. The number of rotatable bonds is 8. The summed E-state index contributed by atoms with van der Waals surface area (Å²) in [7, 11) is 1.54. The highest BCUT2D eigenvalue weighted by Gasteiger charge is 2.18. The van der Waals surface area contributed by atoms with E-state index in [1.165, 1.54) is 17.4 Å². The van der Waals surface area contributed by atoms with Crippen LogP contribution in [0.25, 0.3) is 31.8 Å². The third-order valence-electron chi connectivity index (χ3n) is 6.76. The number of methoxy groups -OCH3 is 1. The number of pyridine rings is 1. The van der Waals surface area contributed by atoms with Gasteiger partial charge in [-0.25, -0.2) is 29.1 Å². The summed E-state index contributed by atoms with van der Waals surface area (Å²) in [6.07, 6.45) is 1.86. The number of morpholine rings is 1. The maximum atomic E-state index is 15.0. The highest BCUT2D eigenvalue weighted by Crippen LogP contribution is 2.37. The quantitative estimate of drug-likeness (QED) is 0.239. The number of fused-ring (bicyclic) bond motifs is 2. The molecule has 0 aliphatic carbocycles. The predicted octanol–water partition coefficient (Wildman–Crippen LogP) is 5.61. The van der Waals surface area contributed by atoms with Crippen LogP contribution in [0.3, 0.4) is 0 Å². The Balaban J connectivity index is 1.10. The maximum absolute atomic E-state index is 15.0. The monoisotopic (exact) mass is 604 g/mol. The summed E-state index contributed by atoms with van der Waals surface area (Å²) in [5, 5.41) is 3.33. The molecule has 1 aliphatic rings. The second-order valence-corrected chi connectivity index (χ2v) is 11.0. The lowest BCUT2D eigenvalue weighted by Crippen LogP contribution is -2.36. The summed E-state index contributed by atoms with van der Waals surface area (Å²) >= 11 is 1.40. The number of benzene rings is 2. The Morgan fingerprint density at radius 1 is 1.12 bits per heavy atom. The molecular weight excluding hydrogens is 575 g/mol. The molecule has 1 amide bonds. The molecule has 0 bridgehead atoms. The summed E-state index contributed by atoms with van der Waals surface area (Å²) in [5.41, 5.74) is 4.14. The summed E-state index contributed by atoms with van der Waals surface area (Å²) in [6.45, 7) is 6.43. The van der Waals surface area contributed by atoms with Crippen molar-refractivity contribution in [2.75, 3.05) is 50.2 Å². The van der Waals surface area contributed by atoms with E-state index < -0.39 is 18.0 Å². The van der Waals surface area contributed by atoms with E-state index in [0.717, 1.165) is 34.7 Å². The Labute approximate surface area is 250 Å². The van der Waals surface area contributed by atoms with Crippen molar-refractivity contribution in [2.24, 2.45) is 0 Å². The van der Waals surface area contributed by atoms with Crippen LogP contribution >= 0.6 is 11.3 Å². The van der Waals surface area contributed by atoms with Gasteiger partial charge in [-0.15, -0.1) is 11.3 Å². The SMILES string of the molecule is COc1cnc2c(-c3nc4cc(F)c(OC(C)COC(=O)Nc5ccc(N6CCOCC6)nc5)cc4s3)cc(C)cc2n1. The Morgan fingerprint density at radius 2 is 1.95 bits per heavy atom. The van der Waals surface area contributed by atoms with Crippen molar-refractivity contribution in [3.8, 4) is 22.2 Å². The van der Waals surface area contributed by atoms with E-state index in [1.807, 2.05) is 25.1 Å². The van der Waals surface area contributed by atoms with Gasteiger partial charge in [0.15, 0.2) is 11.6 Å². The van der Waals surface area contributed by atoms with Gasteiger partial charge in [0.25, 0.3) is 0 Å².